The quantitative estimate of drug-likeness (QED) is 0.689. The third-order valence-electron chi connectivity index (χ3n) is 4.21. The van der Waals surface area contributed by atoms with Crippen molar-refractivity contribution in [2.75, 3.05) is 24.6 Å². The fourth-order valence-electron chi connectivity index (χ4n) is 3.00. The lowest BCUT2D eigenvalue weighted by Gasteiger charge is -2.32. The molecule has 1 rings (SSSR count). The van der Waals surface area contributed by atoms with E-state index in [2.05, 4.69) is 62.2 Å². The Bertz CT molecular complexity index is 373. The van der Waals surface area contributed by atoms with Crippen molar-refractivity contribution in [1.29, 1.82) is 0 Å². The molecule has 0 saturated heterocycles. The lowest BCUT2D eigenvalue weighted by atomic mass is 10.0. The van der Waals surface area contributed by atoms with Gasteiger partial charge in [-0.15, -0.1) is 0 Å². The van der Waals surface area contributed by atoms with Crippen LogP contribution in [0, 0.1) is 0 Å². The largest absolute Gasteiger partial charge is 0.395 e. The molecule has 0 aliphatic heterocycles. The highest BCUT2D eigenvalue weighted by Crippen LogP contribution is 2.24. The molecule has 120 valence electrons. The minimum absolute atomic E-state index is 0.202. The monoisotopic (exact) mass is 292 g/mol. The standard InChI is InChI=1S/C18H32N2O/c1-5-16(6-2)20(13-14-21)17-11-9-15(10-12-17)18(7-3)19-8-4/h9-12,16,18-19,21H,5-8,13-14H2,1-4H3. The number of nitrogens with zero attached hydrogens (tertiary/aromatic N) is 1. The minimum atomic E-state index is 0.202. The van der Waals surface area contributed by atoms with Gasteiger partial charge in [-0.3, -0.25) is 0 Å². The Morgan fingerprint density at radius 2 is 1.62 bits per heavy atom. The number of aliphatic hydroxyl groups excluding tert-OH is 1. The number of aliphatic hydroxyl groups is 1. The predicted octanol–water partition coefficient (Wildman–Crippen LogP) is 3.73. The van der Waals surface area contributed by atoms with Crippen LogP contribution in [0.5, 0.6) is 0 Å². The van der Waals surface area contributed by atoms with Gasteiger partial charge in [0.25, 0.3) is 0 Å². The van der Waals surface area contributed by atoms with Crippen molar-refractivity contribution in [2.24, 2.45) is 0 Å². The van der Waals surface area contributed by atoms with Crippen molar-refractivity contribution < 1.29 is 5.11 Å². The zero-order chi connectivity index (χ0) is 15.7. The second-order valence-electron chi connectivity index (χ2n) is 5.50. The first kappa shape index (κ1) is 18.0. The van der Waals surface area contributed by atoms with E-state index < -0.39 is 0 Å². The Hall–Kier alpha value is -1.06. The van der Waals surface area contributed by atoms with Gasteiger partial charge in [-0.2, -0.15) is 0 Å². The van der Waals surface area contributed by atoms with Gasteiger partial charge in [0, 0.05) is 24.3 Å². The summed E-state index contributed by atoms with van der Waals surface area (Å²) in [5, 5.41) is 12.9. The van der Waals surface area contributed by atoms with Gasteiger partial charge in [0.05, 0.1) is 6.61 Å². The number of nitrogens with one attached hydrogen (secondary N) is 1. The van der Waals surface area contributed by atoms with Crippen molar-refractivity contribution in [1.82, 2.24) is 5.32 Å². The molecule has 0 amide bonds. The zero-order valence-electron chi connectivity index (χ0n) is 14.1. The summed E-state index contributed by atoms with van der Waals surface area (Å²) >= 11 is 0. The van der Waals surface area contributed by atoms with Crippen LogP contribution in [0.1, 0.15) is 58.6 Å². The fraction of sp³-hybridized carbons (Fsp3) is 0.667. The third-order valence-corrected chi connectivity index (χ3v) is 4.21. The maximum absolute atomic E-state index is 9.34. The van der Waals surface area contributed by atoms with Crippen molar-refractivity contribution in [3.8, 4) is 0 Å². The molecule has 3 heteroatoms. The highest BCUT2D eigenvalue weighted by atomic mass is 16.3. The molecule has 1 aromatic carbocycles. The minimum Gasteiger partial charge on any atom is -0.395 e. The maximum atomic E-state index is 9.34. The van der Waals surface area contributed by atoms with Crippen LogP contribution in [0.25, 0.3) is 0 Å². The average molecular weight is 292 g/mol. The van der Waals surface area contributed by atoms with E-state index in [-0.39, 0.29) is 6.61 Å². The van der Waals surface area contributed by atoms with Crippen LogP contribution >= 0.6 is 0 Å². The molecule has 1 atom stereocenters. The summed E-state index contributed by atoms with van der Waals surface area (Å²) in [6.07, 6.45) is 3.31. The van der Waals surface area contributed by atoms with Gasteiger partial charge >= 0.3 is 0 Å². The smallest absolute Gasteiger partial charge is 0.0606 e. The molecular formula is C18H32N2O. The number of anilines is 1. The summed E-state index contributed by atoms with van der Waals surface area (Å²) in [5.41, 5.74) is 2.56. The van der Waals surface area contributed by atoms with E-state index in [1.165, 1.54) is 11.3 Å². The second-order valence-corrected chi connectivity index (χ2v) is 5.50. The van der Waals surface area contributed by atoms with E-state index in [0.717, 1.165) is 25.8 Å². The van der Waals surface area contributed by atoms with Crippen molar-refractivity contribution >= 4 is 5.69 Å². The van der Waals surface area contributed by atoms with E-state index in [0.29, 0.717) is 18.6 Å². The first-order chi connectivity index (χ1) is 10.2. The van der Waals surface area contributed by atoms with Crippen LogP contribution in [-0.4, -0.2) is 30.8 Å². The first-order valence-electron chi connectivity index (χ1n) is 8.42. The van der Waals surface area contributed by atoms with Gasteiger partial charge in [-0.25, -0.2) is 0 Å². The van der Waals surface area contributed by atoms with Gasteiger partial charge < -0.3 is 15.3 Å². The van der Waals surface area contributed by atoms with E-state index in [9.17, 15) is 5.11 Å². The zero-order valence-corrected chi connectivity index (χ0v) is 14.1. The van der Waals surface area contributed by atoms with Crippen LogP contribution in [0.3, 0.4) is 0 Å². The van der Waals surface area contributed by atoms with Crippen LogP contribution in [0.15, 0.2) is 24.3 Å². The summed E-state index contributed by atoms with van der Waals surface area (Å²) < 4.78 is 0. The van der Waals surface area contributed by atoms with Crippen LogP contribution < -0.4 is 10.2 Å². The highest BCUT2D eigenvalue weighted by molar-refractivity contribution is 5.49. The fourth-order valence-corrected chi connectivity index (χ4v) is 3.00. The molecule has 1 aromatic rings. The van der Waals surface area contributed by atoms with Crippen molar-refractivity contribution in [3.63, 3.8) is 0 Å². The molecule has 0 radical (unpaired) electrons. The molecule has 0 fully saturated rings. The van der Waals surface area contributed by atoms with Crippen LogP contribution in [0.2, 0.25) is 0 Å². The van der Waals surface area contributed by atoms with Gasteiger partial charge in [0.2, 0.25) is 0 Å². The molecule has 0 bridgehead atoms. The van der Waals surface area contributed by atoms with E-state index in [4.69, 9.17) is 0 Å². The average Bonchev–Trinajstić information content (AvgIpc) is 2.53. The normalized spacial score (nSPS) is 12.7. The van der Waals surface area contributed by atoms with Crippen LogP contribution in [-0.2, 0) is 0 Å². The Balaban J connectivity index is 2.91. The molecular weight excluding hydrogens is 260 g/mol. The van der Waals surface area contributed by atoms with Crippen molar-refractivity contribution in [3.05, 3.63) is 29.8 Å². The van der Waals surface area contributed by atoms with E-state index in [1.54, 1.807) is 0 Å². The summed E-state index contributed by atoms with van der Waals surface area (Å²) in [6, 6.07) is 9.77. The molecule has 3 nitrogen and oxygen atoms in total. The molecule has 2 N–H and O–H groups in total. The van der Waals surface area contributed by atoms with E-state index in [1.807, 2.05) is 0 Å². The second kappa shape index (κ2) is 9.80. The molecule has 21 heavy (non-hydrogen) atoms. The Kier molecular flexibility index (Phi) is 8.40. The van der Waals surface area contributed by atoms with Gasteiger partial charge in [0.1, 0.15) is 0 Å². The number of rotatable bonds is 10. The van der Waals surface area contributed by atoms with Gasteiger partial charge in [-0.05, 0) is 43.5 Å². The van der Waals surface area contributed by atoms with Gasteiger partial charge in [-0.1, -0.05) is 39.8 Å². The van der Waals surface area contributed by atoms with Crippen molar-refractivity contribution in [2.45, 2.75) is 59.0 Å². The molecule has 0 aliphatic rings. The molecule has 1 unspecified atom stereocenters. The molecule has 0 spiro atoms. The lowest BCUT2D eigenvalue weighted by molar-refractivity contribution is 0.296. The Labute approximate surface area is 130 Å². The topological polar surface area (TPSA) is 35.5 Å². The highest BCUT2D eigenvalue weighted by Gasteiger charge is 2.16. The summed E-state index contributed by atoms with van der Waals surface area (Å²) in [5.74, 6) is 0. The first-order valence-corrected chi connectivity index (χ1v) is 8.42. The van der Waals surface area contributed by atoms with Crippen LogP contribution in [0.4, 0.5) is 5.69 Å². The predicted molar refractivity (Wildman–Crippen MR) is 92.0 cm³/mol. The summed E-state index contributed by atoms with van der Waals surface area (Å²) in [7, 11) is 0. The summed E-state index contributed by atoms with van der Waals surface area (Å²) in [4.78, 5) is 2.33. The molecule has 0 aliphatic carbocycles. The Morgan fingerprint density at radius 1 is 1.00 bits per heavy atom. The number of hydrogen-bond donors (Lipinski definition) is 2. The SMILES string of the molecule is CCNC(CC)c1ccc(N(CCO)C(CC)CC)cc1. The third kappa shape index (κ3) is 5.01. The lowest BCUT2D eigenvalue weighted by Crippen LogP contribution is -2.36. The van der Waals surface area contributed by atoms with E-state index >= 15 is 0 Å². The molecule has 0 heterocycles. The number of hydrogen-bond acceptors (Lipinski definition) is 3. The number of benzene rings is 1. The summed E-state index contributed by atoms with van der Waals surface area (Å²) in [6.45, 7) is 10.7. The molecule has 0 aromatic heterocycles. The maximum Gasteiger partial charge on any atom is 0.0606 e. The molecule has 0 saturated carbocycles. The Morgan fingerprint density at radius 3 is 2.05 bits per heavy atom. The van der Waals surface area contributed by atoms with Gasteiger partial charge in [0.15, 0.2) is 0 Å².